The number of nitrogens with one attached hydrogen (secondary N) is 1. The maximum Gasteiger partial charge on any atom is 0.276 e. The smallest absolute Gasteiger partial charge is 0.276 e. The first-order valence-electron chi connectivity index (χ1n) is 5.93. The number of hydrogen-bond acceptors (Lipinski definition) is 1. The van der Waals surface area contributed by atoms with Crippen molar-refractivity contribution >= 4 is 0 Å². The maximum atomic E-state index is 13.9. The summed E-state index contributed by atoms with van der Waals surface area (Å²) in [4.78, 5) is 0. The fraction of sp³-hybridized carbons (Fsp3) is 0.538. The third-order valence-electron chi connectivity index (χ3n) is 3.21. The first-order chi connectivity index (χ1) is 8.09. The number of rotatable bonds is 3. The average Bonchev–Trinajstić information content (AvgIpc) is 2.30. The van der Waals surface area contributed by atoms with Crippen molar-refractivity contribution in [2.75, 3.05) is 13.1 Å². The minimum absolute atomic E-state index is 0.0710. The molecule has 1 aromatic rings. The van der Waals surface area contributed by atoms with Crippen LogP contribution >= 0.6 is 0 Å². The van der Waals surface area contributed by atoms with Crippen LogP contribution in [0, 0.1) is 11.7 Å². The molecule has 4 heteroatoms. The SMILES string of the molecule is Fc1ccccc1C(F)(F)CC1CCCNC1. The van der Waals surface area contributed by atoms with E-state index in [-0.39, 0.29) is 12.3 Å². The fourth-order valence-corrected chi connectivity index (χ4v) is 2.33. The van der Waals surface area contributed by atoms with E-state index in [9.17, 15) is 13.2 Å². The lowest BCUT2D eigenvalue weighted by atomic mass is 9.90. The topological polar surface area (TPSA) is 12.0 Å². The molecular weight excluding hydrogens is 227 g/mol. The summed E-state index contributed by atoms with van der Waals surface area (Å²) >= 11 is 0. The molecule has 1 fully saturated rings. The van der Waals surface area contributed by atoms with Crippen molar-refractivity contribution < 1.29 is 13.2 Å². The van der Waals surface area contributed by atoms with E-state index in [0.717, 1.165) is 25.5 Å². The van der Waals surface area contributed by atoms with Crippen LogP contribution in [0.15, 0.2) is 24.3 Å². The Kier molecular flexibility index (Phi) is 3.72. The summed E-state index contributed by atoms with van der Waals surface area (Å²) < 4.78 is 41.2. The van der Waals surface area contributed by atoms with Gasteiger partial charge >= 0.3 is 0 Å². The second-order valence-corrected chi connectivity index (χ2v) is 4.60. The van der Waals surface area contributed by atoms with Gasteiger partial charge in [-0.05, 0) is 37.9 Å². The van der Waals surface area contributed by atoms with E-state index >= 15 is 0 Å². The van der Waals surface area contributed by atoms with E-state index in [4.69, 9.17) is 0 Å². The number of halogens is 3. The zero-order chi connectivity index (χ0) is 12.3. The zero-order valence-electron chi connectivity index (χ0n) is 9.56. The Morgan fingerprint density at radius 3 is 2.71 bits per heavy atom. The zero-order valence-corrected chi connectivity index (χ0v) is 9.56. The van der Waals surface area contributed by atoms with Gasteiger partial charge in [0.1, 0.15) is 5.82 Å². The molecule has 94 valence electrons. The van der Waals surface area contributed by atoms with Crippen molar-refractivity contribution in [1.29, 1.82) is 0 Å². The standard InChI is InChI=1S/C13H16F3N/c14-12-6-2-1-5-11(12)13(15,16)8-10-4-3-7-17-9-10/h1-2,5-6,10,17H,3-4,7-9H2. The molecule has 0 aliphatic carbocycles. The fourth-order valence-electron chi connectivity index (χ4n) is 2.33. The van der Waals surface area contributed by atoms with Gasteiger partial charge in [-0.1, -0.05) is 18.2 Å². The van der Waals surface area contributed by atoms with Gasteiger partial charge in [-0.2, -0.15) is 0 Å². The van der Waals surface area contributed by atoms with Crippen LogP contribution in [0.5, 0.6) is 0 Å². The summed E-state index contributed by atoms with van der Waals surface area (Å²) in [7, 11) is 0. The van der Waals surface area contributed by atoms with Gasteiger partial charge in [0.15, 0.2) is 0 Å². The highest BCUT2D eigenvalue weighted by Crippen LogP contribution is 2.37. The first-order valence-corrected chi connectivity index (χ1v) is 5.93. The van der Waals surface area contributed by atoms with Crippen LogP contribution in [0.1, 0.15) is 24.8 Å². The average molecular weight is 243 g/mol. The van der Waals surface area contributed by atoms with E-state index in [1.165, 1.54) is 18.2 Å². The summed E-state index contributed by atoms with van der Waals surface area (Å²) in [5.41, 5.74) is -0.481. The number of hydrogen-bond donors (Lipinski definition) is 1. The Hall–Kier alpha value is -1.03. The minimum atomic E-state index is -3.07. The second-order valence-electron chi connectivity index (χ2n) is 4.60. The maximum absolute atomic E-state index is 13.9. The van der Waals surface area contributed by atoms with Crippen molar-refractivity contribution in [1.82, 2.24) is 5.32 Å². The van der Waals surface area contributed by atoms with Gasteiger partial charge in [-0.15, -0.1) is 0 Å². The molecule has 1 atom stereocenters. The van der Waals surface area contributed by atoms with Gasteiger partial charge in [0.2, 0.25) is 0 Å². The molecule has 17 heavy (non-hydrogen) atoms. The predicted molar refractivity (Wildman–Crippen MR) is 60.5 cm³/mol. The van der Waals surface area contributed by atoms with Gasteiger partial charge in [0.05, 0.1) is 5.56 Å². The van der Waals surface area contributed by atoms with Crippen LogP contribution in [-0.2, 0) is 5.92 Å². The van der Waals surface area contributed by atoms with Gasteiger partial charge in [0, 0.05) is 6.42 Å². The highest BCUT2D eigenvalue weighted by Gasteiger charge is 2.37. The lowest BCUT2D eigenvalue weighted by molar-refractivity contribution is -0.0347. The highest BCUT2D eigenvalue weighted by atomic mass is 19.3. The first kappa shape index (κ1) is 12.4. The molecule has 0 amide bonds. The van der Waals surface area contributed by atoms with Crippen molar-refractivity contribution in [2.24, 2.45) is 5.92 Å². The molecule has 1 aliphatic heterocycles. The largest absolute Gasteiger partial charge is 0.316 e. The van der Waals surface area contributed by atoms with Crippen LogP contribution in [0.25, 0.3) is 0 Å². The molecule has 0 spiro atoms. The van der Waals surface area contributed by atoms with E-state index in [0.29, 0.717) is 6.54 Å². The van der Waals surface area contributed by atoms with Crippen LogP contribution in [0.4, 0.5) is 13.2 Å². The summed E-state index contributed by atoms with van der Waals surface area (Å²) in [5.74, 6) is -3.96. The van der Waals surface area contributed by atoms with Crippen LogP contribution in [-0.4, -0.2) is 13.1 Å². The third-order valence-corrected chi connectivity index (χ3v) is 3.21. The molecule has 2 rings (SSSR count). The molecule has 0 bridgehead atoms. The van der Waals surface area contributed by atoms with Gasteiger partial charge in [0.25, 0.3) is 5.92 Å². The predicted octanol–water partition coefficient (Wildman–Crippen LogP) is 3.31. The molecule has 0 saturated carbocycles. The van der Waals surface area contributed by atoms with Gasteiger partial charge in [-0.25, -0.2) is 13.2 Å². The molecule has 0 aromatic heterocycles. The number of benzene rings is 1. The minimum Gasteiger partial charge on any atom is -0.316 e. The monoisotopic (exact) mass is 243 g/mol. The summed E-state index contributed by atoms with van der Waals surface area (Å²) in [6, 6.07) is 5.14. The molecular formula is C13H16F3N. The van der Waals surface area contributed by atoms with E-state index in [1.54, 1.807) is 0 Å². The van der Waals surface area contributed by atoms with Crippen molar-refractivity contribution in [3.8, 4) is 0 Å². The summed E-state index contributed by atoms with van der Waals surface area (Å²) in [5, 5.41) is 3.10. The molecule has 1 aromatic carbocycles. The quantitative estimate of drug-likeness (QED) is 0.858. The van der Waals surface area contributed by atoms with Crippen LogP contribution in [0.2, 0.25) is 0 Å². The lowest BCUT2D eigenvalue weighted by Gasteiger charge is -2.27. The Bertz CT molecular complexity index is 373. The van der Waals surface area contributed by atoms with Gasteiger partial charge in [-0.3, -0.25) is 0 Å². The molecule has 1 nitrogen and oxygen atoms in total. The molecule has 0 radical (unpaired) electrons. The normalized spacial score (nSPS) is 21.5. The molecule has 1 heterocycles. The van der Waals surface area contributed by atoms with Crippen molar-refractivity contribution in [3.63, 3.8) is 0 Å². The molecule has 1 saturated heterocycles. The van der Waals surface area contributed by atoms with Crippen molar-refractivity contribution in [2.45, 2.75) is 25.2 Å². The molecule has 1 aliphatic rings. The summed E-state index contributed by atoms with van der Waals surface area (Å²) in [6.07, 6.45) is 1.43. The summed E-state index contributed by atoms with van der Waals surface area (Å²) in [6.45, 7) is 1.49. The number of piperidine rings is 1. The Balaban J connectivity index is 2.10. The Labute approximate surface area is 99.0 Å². The van der Waals surface area contributed by atoms with E-state index in [1.807, 2.05) is 0 Å². The van der Waals surface area contributed by atoms with Crippen molar-refractivity contribution in [3.05, 3.63) is 35.6 Å². The van der Waals surface area contributed by atoms with E-state index < -0.39 is 17.3 Å². The Morgan fingerprint density at radius 1 is 1.29 bits per heavy atom. The highest BCUT2D eigenvalue weighted by molar-refractivity contribution is 5.22. The van der Waals surface area contributed by atoms with Crippen LogP contribution < -0.4 is 5.32 Å². The lowest BCUT2D eigenvalue weighted by Crippen LogP contribution is -2.33. The van der Waals surface area contributed by atoms with Gasteiger partial charge < -0.3 is 5.32 Å². The molecule has 1 N–H and O–H groups in total. The van der Waals surface area contributed by atoms with E-state index in [2.05, 4.69) is 5.32 Å². The third kappa shape index (κ3) is 3.00. The molecule has 1 unspecified atom stereocenters. The number of alkyl halides is 2. The van der Waals surface area contributed by atoms with Crippen LogP contribution in [0.3, 0.4) is 0 Å². The Morgan fingerprint density at radius 2 is 2.06 bits per heavy atom. The second kappa shape index (κ2) is 5.08.